The summed E-state index contributed by atoms with van der Waals surface area (Å²) in [6, 6.07) is 55.4. The zero-order valence-electron chi connectivity index (χ0n) is 25.8. The maximum absolute atomic E-state index is 6.36. The molecule has 0 bridgehead atoms. The molecule has 1 aromatic heterocycles. The molecule has 1 heterocycles. The summed E-state index contributed by atoms with van der Waals surface area (Å²) in [6.45, 7) is 0. The molecule has 0 amide bonds. The van der Waals surface area contributed by atoms with E-state index in [-0.39, 0.29) is 5.92 Å². The molecule has 1 heteroatoms. The van der Waals surface area contributed by atoms with Crippen LogP contribution in [0.25, 0.3) is 88.5 Å². The van der Waals surface area contributed by atoms with Crippen molar-refractivity contribution in [1.82, 2.24) is 0 Å². The van der Waals surface area contributed by atoms with Gasteiger partial charge in [-0.1, -0.05) is 152 Å². The van der Waals surface area contributed by atoms with E-state index >= 15 is 0 Å². The van der Waals surface area contributed by atoms with Crippen LogP contribution in [0.4, 0.5) is 0 Å². The predicted octanol–water partition coefficient (Wildman–Crippen LogP) is 11.1. The van der Waals surface area contributed by atoms with Crippen LogP contribution in [0.3, 0.4) is 0 Å². The molecule has 0 spiro atoms. The number of furan rings is 1. The zero-order chi connectivity index (χ0) is 30.9. The number of rotatable bonds is 3. The highest BCUT2D eigenvalue weighted by molar-refractivity contribution is 6.23. The topological polar surface area (TPSA) is 13.1 Å². The van der Waals surface area contributed by atoms with Gasteiger partial charge >= 0.3 is 0 Å². The first-order chi connectivity index (χ1) is 23.3. The van der Waals surface area contributed by atoms with Gasteiger partial charge in [0.2, 0.25) is 0 Å². The third-order valence-electron chi connectivity index (χ3n) is 10.2. The van der Waals surface area contributed by atoms with Gasteiger partial charge in [-0.15, -0.1) is 0 Å². The molecule has 0 aliphatic heterocycles. The second-order valence-electron chi connectivity index (χ2n) is 12.7. The minimum absolute atomic E-state index is 0.259. The average Bonchev–Trinajstić information content (AvgIpc) is 3.52. The number of hydrogen-bond donors (Lipinski definition) is 0. The molecular weight excluding hydrogens is 569 g/mol. The van der Waals surface area contributed by atoms with Crippen LogP contribution in [0.15, 0.2) is 156 Å². The van der Waals surface area contributed by atoms with Gasteiger partial charge in [0.25, 0.3) is 0 Å². The smallest absolute Gasteiger partial charge is 0.136 e. The summed E-state index contributed by atoms with van der Waals surface area (Å²) in [5, 5.41) is 12.6. The molecule has 0 N–H and O–H groups in total. The fourth-order valence-corrected chi connectivity index (χ4v) is 8.06. The molecule has 0 fully saturated rings. The molecule has 9 aromatic rings. The maximum atomic E-state index is 6.36. The monoisotopic (exact) mass is 598 g/mol. The third kappa shape index (κ3) is 4.03. The molecule has 47 heavy (non-hydrogen) atoms. The van der Waals surface area contributed by atoms with Gasteiger partial charge in [0, 0.05) is 16.5 Å². The Kier molecular flexibility index (Phi) is 5.77. The first kappa shape index (κ1) is 26.3. The highest BCUT2D eigenvalue weighted by Gasteiger charge is 2.20. The molecule has 0 saturated heterocycles. The molecule has 220 valence electrons. The van der Waals surface area contributed by atoms with Crippen molar-refractivity contribution in [2.24, 2.45) is 0 Å². The van der Waals surface area contributed by atoms with Crippen molar-refractivity contribution in [2.75, 3.05) is 0 Å². The molecule has 1 aliphatic carbocycles. The van der Waals surface area contributed by atoms with Crippen LogP contribution in [0.5, 0.6) is 0 Å². The molecule has 10 rings (SSSR count). The lowest BCUT2D eigenvalue weighted by Gasteiger charge is -2.20. The Balaban J connectivity index is 1.19. The average molecular weight is 599 g/mol. The number of hydrogen-bond acceptors (Lipinski definition) is 1. The van der Waals surface area contributed by atoms with E-state index in [0.717, 1.165) is 17.4 Å². The second-order valence-corrected chi connectivity index (χ2v) is 12.7. The van der Waals surface area contributed by atoms with E-state index in [4.69, 9.17) is 4.42 Å². The van der Waals surface area contributed by atoms with Crippen LogP contribution in [-0.4, -0.2) is 0 Å². The lowest BCUT2D eigenvalue weighted by Crippen LogP contribution is -2.25. The predicted molar refractivity (Wildman–Crippen MR) is 199 cm³/mol. The minimum Gasteiger partial charge on any atom is -0.456 e. The van der Waals surface area contributed by atoms with Crippen molar-refractivity contribution >= 4 is 66.2 Å². The van der Waals surface area contributed by atoms with Crippen molar-refractivity contribution in [2.45, 2.75) is 12.3 Å². The van der Waals surface area contributed by atoms with Gasteiger partial charge in [-0.3, -0.25) is 0 Å². The van der Waals surface area contributed by atoms with Gasteiger partial charge in [-0.25, -0.2) is 0 Å². The molecule has 1 unspecified atom stereocenters. The maximum Gasteiger partial charge on any atom is 0.136 e. The van der Waals surface area contributed by atoms with Crippen molar-refractivity contribution in [3.05, 3.63) is 168 Å². The molecule has 8 aromatic carbocycles. The Morgan fingerprint density at radius 3 is 1.83 bits per heavy atom. The van der Waals surface area contributed by atoms with Crippen molar-refractivity contribution in [3.8, 4) is 22.3 Å². The fraction of sp³-hybridized carbons (Fsp3) is 0.0435. The summed E-state index contributed by atoms with van der Waals surface area (Å²) < 4.78 is 6.36. The largest absolute Gasteiger partial charge is 0.456 e. The van der Waals surface area contributed by atoms with Gasteiger partial charge in [0.05, 0.1) is 0 Å². The molecule has 1 aliphatic rings. The molecule has 1 atom stereocenters. The third-order valence-corrected chi connectivity index (χ3v) is 10.2. The van der Waals surface area contributed by atoms with E-state index in [1.54, 1.807) is 0 Å². The molecule has 0 radical (unpaired) electrons. The molecule has 1 nitrogen and oxygen atoms in total. The summed E-state index contributed by atoms with van der Waals surface area (Å²) in [6.07, 6.45) is 5.63. The summed E-state index contributed by atoms with van der Waals surface area (Å²) in [5.74, 6) is 0.259. The number of fused-ring (bicyclic) bond motifs is 8. The quantitative estimate of drug-likeness (QED) is 0.184. The SMILES string of the molecule is C1=c2oc3ccc4ccccc4c3c2=CC(c2cccc(-c3c4ccccc4c(-c4cccc5ccccc45)c4ccccc34)c2)C1. The Labute approximate surface area is 272 Å². The van der Waals surface area contributed by atoms with Gasteiger partial charge in [-0.05, 0) is 89.5 Å². The summed E-state index contributed by atoms with van der Waals surface area (Å²) in [7, 11) is 0. The lowest BCUT2D eigenvalue weighted by atomic mass is 9.83. The van der Waals surface area contributed by atoms with Gasteiger partial charge in [-0.2, -0.15) is 0 Å². The van der Waals surface area contributed by atoms with Crippen LogP contribution in [0.2, 0.25) is 0 Å². The number of benzene rings is 8. The summed E-state index contributed by atoms with van der Waals surface area (Å²) in [5.41, 5.74) is 8.40. The Morgan fingerprint density at radius 2 is 1.09 bits per heavy atom. The van der Waals surface area contributed by atoms with Crippen LogP contribution < -0.4 is 10.6 Å². The molecule has 0 saturated carbocycles. The standard InChI is InChI=1S/C46H30O/c1-3-16-34-29(11-1)13-10-22-36(34)45-39-20-7-5-18-37(39)44(38-19-6-8-21-40(38)45)33-15-9-14-31(27-33)32-24-25-42-41(28-32)46-35-17-4-2-12-30(35)23-26-43(46)47-42/h1-23,25-28,32H,24H2. The Hall–Kier alpha value is -5.92. The lowest BCUT2D eigenvalue weighted by molar-refractivity contribution is 0.570. The van der Waals surface area contributed by atoms with Crippen molar-refractivity contribution < 1.29 is 4.42 Å². The fourth-order valence-electron chi connectivity index (χ4n) is 8.06. The normalized spacial score (nSPS) is 14.4. The van der Waals surface area contributed by atoms with Crippen molar-refractivity contribution in [1.29, 1.82) is 0 Å². The van der Waals surface area contributed by atoms with Crippen molar-refractivity contribution in [3.63, 3.8) is 0 Å². The highest BCUT2D eigenvalue weighted by atomic mass is 16.3. The van der Waals surface area contributed by atoms with E-state index in [1.165, 1.54) is 81.5 Å². The van der Waals surface area contributed by atoms with E-state index in [2.05, 4.69) is 164 Å². The summed E-state index contributed by atoms with van der Waals surface area (Å²) >= 11 is 0. The zero-order valence-corrected chi connectivity index (χ0v) is 25.8. The molecular formula is C46H30O. The second kappa shape index (κ2) is 10.3. The van der Waals surface area contributed by atoms with E-state index in [0.29, 0.717) is 0 Å². The first-order valence-electron chi connectivity index (χ1n) is 16.5. The van der Waals surface area contributed by atoms with Gasteiger partial charge < -0.3 is 4.42 Å². The summed E-state index contributed by atoms with van der Waals surface area (Å²) in [4.78, 5) is 0. The Bertz CT molecular complexity index is 2770. The van der Waals surface area contributed by atoms with Crippen LogP contribution in [0, 0.1) is 0 Å². The Morgan fingerprint density at radius 1 is 0.489 bits per heavy atom. The van der Waals surface area contributed by atoms with Crippen LogP contribution >= 0.6 is 0 Å². The van der Waals surface area contributed by atoms with E-state index in [9.17, 15) is 0 Å². The van der Waals surface area contributed by atoms with Gasteiger partial charge in [0.1, 0.15) is 11.0 Å². The first-order valence-corrected chi connectivity index (χ1v) is 16.5. The van der Waals surface area contributed by atoms with Crippen LogP contribution in [-0.2, 0) is 0 Å². The van der Waals surface area contributed by atoms with Gasteiger partial charge in [0.15, 0.2) is 0 Å². The minimum atomic E-state index is 0.259. The van der Waals surface area contributed by atoms with E-state index in [1.807, 2.05) is 0 Å². The van der Waals surface area contributed by atoms with Crippen LogP contribution in [0.1, 0.15) is 17.9 Å². The highest BCUT2D eigenvalue weighted by Crippen LogP contribution is 2.45. The van der Waals surface area contributed by atoms with E-state index < -0.39 is 0 Å².